The standard InChI is InChI=1S/C16H21FO/c1-2-3-4-8-14(9-5-6-12-18)15-10-7-11-16(17)13-15/h5-7,10-14H,2-4,8-9H2,1H3/b6-5+. The highest BCUT2D eigenvalue weighted by atomic mass is 19.1. The van der Waals surface area contributed by atoms with E-state index in [0.717, 1.165) is 31.1 Å². The minimum Gasteiger partial charge on any atom is -0.299 e. The second-order valence-electron chi connectivity index (χ2n) is 4.55. The van der Waals surface area contributed by atoms with Gasteiger partial charge in [0.15, 0.2) is 0 Å². The van der Waals surface area contributed by atoms with Gasteiger partial charge in [-0.1, -0.05) is 44.4 Å². The quantitative estimate of drug-likeness (QED) is 0.372. The minimum absolute atomic E-state index is 0.188. The Morgan fingerprint density at radius 2 is 2.17 bits per heavy atom. The molecule has 0 amide bonds. The lowest BCUT2D eigenvalue weighted by molar-refractivity contribution is -0.104. The van der Waals surface area contributed by atoms with Crippen molar-refractivity contribution >= 4 is 6.29 Å². The van der Waals surface area contributed by atoms with Gasteiger partial charge in [-0.15, -0.1) is 0 Å². The van der Waals surface area contributed by atoms with Crippen molar-refractivity contribution < 1.29 is 9.18 Å². The molecule has 98 valence electrons. The third kappa shape index (κ3) is 5.26. The highest BCUT2D eigenvalue weighted by Gasteiger charge is 2.10. The predicted molar refractivity (Wildman–Crippen MR) is 73.1 cm³/mol. The summed E-state index contributed by atoms with van der Waals surface area (Å²) in [5.41, 5.74) is 1.03. The summed E-state index contributed by atoms with van der Waals surface area (Å²) in [6.07, 6.45) is 9.54. The van der Waals surface area contributed by atoms with Crippen LogP contribution in [0.1, 0.15) is 50.5 Å². The van der Waals surface area contributed by atoms with E-state index in [2.05, 4.69) is 6.92 Å². The number of halogens is 1. The van der Waals surface area contributed by atoms with Crippen LogP contribution in [-0.4, -0.2) is 6.29 Å². The molecule has 0 aliphatic rings. The second-order valence-corrected chi connectivity index (χ2v) is 4.55. The summed E-state index contributed by atoms with van der Waals surface area (Å²) in [4.78, 5) is 10.3. The molecule has 0 saturated carbocycles. The molecule has 1 unspecified atom stereocenters. The van der Waals surface area contributed by atoms with Gasteiger partial charge in [-0.2, -0.15) is 0 Å². The fourth-order valence-corrected chi connectivity index (χ4v) is 2.12. The summed E-state index contributed by atoms with van der Waals surface area (Å²) < 4.78 is 13.2. The monoisotopic (exact) mass is 248 g/mol. The zero-order chi connectivity index (χ0) is 13.2. The summed E-state index contributed by atoms with van der Waals surface area (Å²) in [5.74, 6) is 0.121. The lowest BCUT2D eigenvalue weighted by atomic mass is 9.90. The minimum atomic E-state index is -0.188. The average molecular weight is 248 g/mol. The Kier molecular flexibility index (Phi) is 7.00. The molecule has 0 saturated heterocycles. The van der Waals surface area contributed by atoms with Gasteiger partial charge in [0.25, 0.3) is 0 Å². The Morgan fingerprint density at radius 3 is 2.83 bits per heavy atom. The van der Waals surface area contributed by atoms with Crippen LogP contribution in [0.15, 0.2) is 36.4 Å². The molecule has 1 aromatic rings. The number of benzene rings is 1. The molecule has 1 aromatic carbocycles. The molecule has 0 radical (unpaired) electrons. The van der Waals surface area contributed by atoms with E-state index >= 15 is 0 Å². The summed E-state index contributed by atoms with van der Waals surface area (Å²) in [7, 11) is 0. The first-order valence-corrected chi connectivity index (χ1v) is 6.63. The van der Waals surface area contributed by atoms with Crippen LogP contribution in [0, 0.1) is 5.82 Å². The van der Waals surface area contributed by atoms with Crippen molar-refractivity contribution in [2.75, 3.05) is 0 Å². The topological polar surface area (TPSA) is 17.1 Å². The molecular formula is C16H21FO. The van der Waals surface area contributed by atoms with Crippen molar-refractivity contribution in [1.82, 2.24) is 0 Å². The van der Waals surface area contributed by atoms with Gasteiger partial charge in [0, 0.05) is 0 Å². The number of hydrogen-bond acceptors (Lipinski definition) is 1. The number of carbonyl (C=O) groups excluding carboxylic acids is 1. The molecule has 18 heavy (non-hydrogen) atoms. The van der Waals surface area contributed by atoms with Crippen molar-refractivity contribution in [2.24, 2.45) is 0 Å². The Bertz CT molecular complexity index is 384. The Labute approximate surface area is 109 Å². The van der Waals surface area contributed by atoms with Gasteiger partial charge in [-0.3, -0.25) is 4.79 Å². The molecule has 0 spiro atoms. The van der Waals surface area contributed by atoms with Crippen LogP contribution >= 0.6 is 0 Å². The number of unbranched alkanes of at least 4 members (excludes halogenated alkanes) is 2. The maximum atomic E-state index is 13.2. The molecule has 0 N–H and O–H groups in total. The zero-order valence-electron chi connectivity index (χ0n) is 10.9. The van der Waals surface area contributed by atoms with Crippen LogP contribution in [0.5, 0.6) is 0 Å². The first-order chi connectivity index (χ1) is 8.77. The van der Waals surface area contributed by atoms with Crippen LogP contribution in [0.2, 0.25) is 0 Å². The number of carbonyl (C=O) groups is 1. The molecule has 0 aromatic heterocycles. The third-order valence-corrected chi connectivity index (χ3v) is 3.11. The number of allylic oxidation sites excluding steroid dienone is 2. The van der Waals surface area contributed by atoms with Crippen molar-refractivity contribution in [2.45, 2.75) is 44.9 Å². The number of aldehydes is 1. The highest BCUT2D eigenvalue weighted by Crippen LogP contribution is 2.26. The molecule has 0 aliphatic carbocycles. The molecule has 1 rings (SSSR count). The molecule has 0 heterocycles. The normalized spacial score (nSPS) is 12.8. The summed E-state index contributed by atoms with van der Waals surface area (Å²) in [6, 6.07) is 6.79. The summed E-state index contributed by atoms with van der Waals surface area (Å²) >= 11 is 0. The van der Waals surface area contributed by atoms with Gasteiger partial charge in [0.1, 0.15) is 12.1 Å². The highest BCUT2D eigenvalue weighted by molar-refractivity contribution is 5.64. The fraction of sp³-hybridized carbons (Fsp3) is 0.438. The third-order valence-electron chi connectivity index (χ3n) is 3.11. The van der Waals surface area contributed by atoms with Crippen LogP contribution in [0.3, 0.4) is 0 Å². The largest absolute Gasteiger partial charge is 0.299 e. The van der Waals surface area contributed by atoms with E-state index in [9.17, 15) is 9.18 Å². The van der Waals surface area contributed by atoms with Crippen LogP contribution in [0.25, 0.3) is 0 Å². The molecule has 0 fully saturated rings. The van der Waals surface area contributed by atoms with Gasteiger partial charge >= 0.3 is 0 Å². The first kappa shape index (κ1) is 14.6. The molecule has 1 atom stereocenters. The maximum absolute atomic E-state index is 13.2. The van der Waals surface area contributed by atoms with Crippen LogP contribution < -0.4 is 0 Å². The van der Waals surface area contributed by atoms with E-state index in [1.807, 2.05) is 12.1 Å². The first-order valence-electron chi connectivity index (χ1n) is 6.63. The Balaban J connectivity index is 2.68. The lowest BCUT2D eigenvalue weighted by Gasteiger charge is -2.15. The van der Waals surface area contributed by atoms with Crippen molar-refractivity contribution in [3.63, 3.8) is 0 Å². The molecule has 2 heteroatoms. The van der Waals surface area contributed by atoms with Crippen LogP contribution in [0.4, 0.5) is 4.39 Å². The summed E-state index contributed by atoms with van der Waals surface area (Å²) in [6.45, 7) is 2.17. The summed E-state index contributed by atoms with van der Waals surface area (Å²) in [5, 5.41) is 0. The van der Waals surface area contributed by atoms with E-state index in [1.165, 1.54) is 25.0 Å². The van der Waals surface area contributed by atoms with Gasteiger partial charge in [-0.25, -0.2) is 4.39 Å². The molecule has 0 bridgehead atoms. The Morgan fingerprint density at radius 1 is 1.33 bits per heavy atom. The van der Waals surface area contributed by atoms with E-state index in [-0.39, 0.29) is 5.82 Å². The number of rotatable bonds is 8. The molecule has 0 aliphatic heterocycles. The van der Waals surface area contributed by atoms with E-state index < -0.39 is 0 Å². The van der Waals surface area contributed by atoms with Crippen molar-refractivity contribution in [3.05, 3.63) is 47.8 Å². The van der Waals surface area contributed by atoms with Gasteiger partial charge in [0.05, 0.1) is 0 Å². The lowest BCUT2D eigenvalue weighted by Crippen LogP contribution is -1.99. The Hall–Kier alpha value is -1.44. The maximum Gasteiger partial charge on any atom is 0.142 e. The van der Waals surface area contributed by atoms with Gasteiger partial charge in [0.2, 0.25) is 0 Å². The average Bonchev–Trinajstić information content (AvgIpc) is 2.37. The number of hydrogen-bond donors (Lipinski definition) is 0. The smallest absolute Gasteiger partial charge is 0.142 e. The fourth-order valence-electron chi connectivity index (χ4n) is 2.12. The second kappa shape index (κ2) is 8.62. The van der Waals surface area contributed by atoms with Crippen LogP contribution in [-0.2, 0) is 4.79 Å². The van der Waals surface area contributed by atoms with E-state index in [1.54, 1.807) is 12.1 Å². The van der Waals surface area contributed by atoms with Gasteiger partial charge < -0.3 is 0 Å². The SMILES string of the molecule is CCCCCC(C/C=C/C=O)c1cccc(F)c1. The molecule has 1 nitrogen and oxygen atoms in total. The van der Waals surface area contributed by atoms with Crippen molar-refractivity contribution in [1.29, 1.82) is 0 Å². The van der Waals surface area contributed by atoms with Gasteiger partial charge in [-0.05, 0) is 42.5 Å². The van der Waals surface area contributed by atoms with E-state index in [4.69, 9.17) is 0 Å². The molecular weight excluding hydrogens is 227 g/mol. The zero-order valence-corrected chi connectivity index (χ0v) is 10.9. The predicted octanol–water partition coefficient (Wildman–Crippen LogP) is 4.63. The van der Waals surface area contributed by atoms with E-state index in [0.29, 0.717) is 5.92 Å². The van der Waals surface area contributed by atoms with Crippen molar-refractivity contribution in [3.8, 4) is 0 Å².